The van der Waals surface area contributed by atoms with Gasteiger partial charge in [-0.2, -0.15) is 5.10 Å². The summed E-state index contributed by atoms with van der Waals surface area (Å²) in [7, 11) is 0. The lowest BCUT2D eigenvalue weighted by atomic mass is 10.0. The first-order valence-corrected chi connectivity index (χ1v) is 6.10. The van der Waals surface area contributed by atoms with Gasteiger partial charge in [-0.3, -0.25) is 0 Å². The van der Waals surface area contributed by atoms with Crippen molar-refractivity contribution in [1.29, 1.82) is 0 Å². The van der Waals surface area contributed by atoms with Gasteiger partial charge in [-0.25, -0.2) is 9.50 Å². The molecule has 1 saturated heterocycles. The predicted molar refractivity (Wildman–Crippen MR) is 64.5 cm³/mol. The van der Waals surface area contributed by atoms with Crippen molar-refractivity contribution in [3.05, 3.63) is 30.4 Å². The number of hydrogen-bond donors (Lipinski definition) is 3. The Kier molecular flexibility index (Phi) is 3.19. The molecular weight excluding hydrogens is 250 g/mol. The van der Waals surface area contributed by atoms with Crippen LogP contribution in [0, 0.1) is 0 Å². The van der Waals surface area contributed by atoms with E-state index in [0.29, 0.717) is 6.42 Å². The minimum atomic E-state index is -1.06. The van der Waals surface area contributed by atoms with E-state index in [0.717, 1.165) is 11.2 Å². The quantitative estimate of drug-likeness (QED) is 0.641. The topological polar surface area (TPSA) is 100 Å². The Hall–Kier alpha value is -1.54. The molecular formula is C12H15N3O4. The molecule has 2 aromatic heterocycles. The van der Waals surface area contributed by atoms with Crippen molar-refractivity contribution in [2.24, 2.45) is 0 Å². The first kappa shape index (κ1) is 12.5. The summed E-state index contributed by atoms with van der Waals surface area (Å²) in [6.45, 7) is -0.317. The van der Waals surface area contributed by atoms with Crippen LogP contribution in [-0.4, -0.2) is 60.9 Å². The molecule has 0 amide bonds. The maximum Gasteiger partial charge on any atom is 0.117 e. The Morgan fingerprint density at radius 3 is 2.74 bits per heavy atom. The Labute approximate surface area is 109 Å². The third-order valence-corrected chi connectivity index (χ3v) is 3.38. The first-order valence-electron chi connectivity index (χ1n) is 6.10. The second kappa shape index (κ2) is 4.86. The maximum atomic E-state index is 9.86. The molecule has 4 atom stereocenters. The van der Waals surface area contributed by atoms with E-state index in [9.17, 15) is 10.2 Å². The molecule has 3 rings (SSSR count). The molecule has 0 saturated carbocycles. The fraction of sp³-hybridized carbons (Fsp3) is 0.500. The fourth-order valence-corrected chi connectivity index (χ4v) is 2.32. The molecule has 3 heterocycles. The number of aromatic nitrogens is 3. The summed E-state index contributed by atoms with van der Waals surface area (Å²) in [5, 5.41) is 32.9. The molecule has 19 heavy (non-hydrogen) atoms. The van der Waals surface area contributed by atoms with E-state index < -0.39 is 24.4 Å². The van der Waals surface area contributed by atoms with Crippen molar-refractivity contribution in [3.63, 3.8) is 0 Å². The Balaban J connectivity index is 1.77. The van der Waals surface area contributed by atoms with Crippen LogP contribution in [0.2, 0.25) is 0 Å². The number of fused-ring (bicyclic) bond motifs is 1. The van der Waals surface area contributed by atoms with Gasteiger partial charge in [0.05, 0.1) is 30.1 Å². The molecule has 1 aliphatic rings. The van der Waals surface area contributed by atoms with E-state index in [4.69, 9.17) is 9.84 Å². The number of nitrogens with zero attached hydrogens (tertiary/aromatic N) is 3. The van der Waals surface area contributed by atoms with Crippen LogP contribution in [0.25, 0.3) is 5.52 Å². The summed E-state index contributed by atoms with van der Waals surface area (Å²) in [5.74, 6) is 0. The van der Waals surface area contributed by atoms with Gasteiger partial charge < -0.3 is 20.1 Å². The van der Waals surface area contributed by atoms with Gasteiger partial charge in [0, 0.05) is 6.42 Å². The molecule has 2 aromatic rings. The molecule has 1 unspecified atom stereocenters. The van der Waals surface area contributed by atoms with Crippen LogP contribution in [0.5, 0.6) is 0 Å². The third-order valence-electron chi connectivity index (χ3n) is 3.38. The van der Waals surface area contributed by atoms with Crippen LogP contribution in [0.4, 0.5) is 0 Å². The first-order chi connectivity index (χ1) is 9.19. The van der Waals surface area contributed by atoms with E-state index in [2.05, 4.69) is 10.1 Å². The highest BCUT2D eigenvalue weighted by Crippen LogP contribution is 2.23. The lowest BCUT2D eigenvalue weighted by Gasteiger charge is -2.13. The number of hydrogen-bond acceptors (Lipinski definition) is 6. The highest BCUT2D eigenvalue weighted by atomic mass is 16.6. The van der Waals surface area contributed by atoms with Gasteiger partial charge in [0.2, 0.25) is 0 Å². The largest absolute Gasteiger partial charge is 0.394 e. The molecule has 102 valence electrons. The third kappa shape index (κ3) is 2.21. The van der Waals surface area contributed by atoms with Crippen LogP contribution < -0.4 is 0 Å². The second-order valence-electron chi connectivity index (χ2n) is 4.67. The van der Waals surface area contributed by atoms with Gasteiger partial charge in [0.25, 0.3) is 0 Å². The second-order valence-corrected chi connectivity index (χ2v) is 4.67. The Morgan fingerprint density at radius 2 is 2.00 bits per heavy atom. The summed E-state index contributed by atoms with van der Waals surface area (Å²) in [4.78, 5) is 3.97. The van der Waals surface area contributed by atoms with Crippen molar-refractivity contribution in [2.45, 2.75) is 30.8 Å². The van der Waals surface area contributed by atoms with Gasteiger partial charge in [-0.05, 0) is 12.1 Å². The smallest absolute Gasteiger partial charge is 0.117 e. The summed E-state index contributed by atoms with van der Waals surface area (Å²) < 4.78 is 7.05. The zero-order valence-electron chi connectivity index (χ0n) is 10.1. The molecule has 3 N–H and O–H groups in total. The van der Waals surface area contributed by atoms with E-state index in [1.807, 2.05) is 12.1 Å². The standard InChI is InChI=1S/C12H15N3O4/c16-5-10-12(18)11(17)9(19-10)3-7-1-2-8-4-13-6-15(8)14-7/h1-2,4,6,9-12,16-18H,3,5H2/t9?,10-,11+,12-/m1/s1. The number of aliphatic hydroxyl groups is 3. The molecule has 1 aliphatic heterocycles. The average Bonchev–Trinajstić information content (AvgIpc) is 2.98. The summed E-state index contributed by atoms with van der Waals surface area (Å²) in [5.41, 5.74) is 1.60. The van der Waals surface area contributed by atoms with Gasteiger partial charge >= 0.3 is 0 Å². The lowest BCUT2D eigenvalue weighted by Crippen LogP contribution is -2.34. The van der Waals surface area contributed by atoms with Crippen LogP contribution in [0.15, 0.2) is 24.7 Å². The highest BCUT2D eigenvalue weighted by molar-refractivity contribution is 5.42. The van der Waals surface area contributed by atoms with E-state index in [-0.39, 0.29) is 6.61 Å². The molecule has 0 radical (unpaired) electrons. The average molecular weight is 265 g/mol. The number of imidazole rings is 1. The number of aliphatic hydroxyl groups excluding tert-OH is 3. The summed E-state index contributed by atoms with van der Waals surface area (Å²) >= 11 is 0. The molecule has 0 aliphatic carbocycles. The maximum absolute atomic E-state index is 9.86. The normalized spacial score (nSPS) is 31.1. The molecule has 1 fully saturated rings. The Morgan fingerprint density at radius 1 is 1.21 bits per heavy atom. The SMILES string of the molecule is OC[C@H]1OC(Cc2ccc3cncn3n2)[C@H](O)[C@@H]1O. The molecule has 0 bridgehead atoms. The van der Waals surface area contributed by atoms with Gasteiger partial charge in [-0.1, -0.05) is 0 Å². The van der Waals surface area contributed by atoms with E-state index in [1.54, 1.807) is 17.0 Å². The monoisotopic (exact) mass is 265 g/mol. The molecule has 7 heteroatoms. The van der Waals surface area contributed by atoms with Crippen molar-refractivity contribution in [1.82, 2.24) is 14.6 Å². The predicted octanol–water partition coefficient (Wildman–Crippen LogP) is -1.25. The highest BCUT2D eigenvalue weighted by Gasteiger charge is 2.42. The van der Waals surface area contributed by atoms with Crippen molar-refractivity contribution in [3.8, 4) is 0 Å². The van der Waals surface area contributed by atoms with Crippen LogP contribution in [0.1, 0.15) is 5.69 Å². The van der Waals surface area contributed by atoms with Crippen molar-refractivity contribution < 1.29 is 20.1 Å². The Bertz CT molecular complexity index is 573. The molecule has 7 nitrogen and oxygen atoms in total. The fourth-order valence-electron chi connectivity index (χ4n) is 2.32. The zero-order chi connectivity index (χ0) is 13.4. The lowest BCUT2D eigenvalue weighted by molar-refractivity contribution is -0.0218. The zero-order valence-corrected chi connectivity index (χ0v) is 10.1. The molecule has 0 aromatic carbocycles. The minimum absolute atomic E-state index is 0.317. The number of ether oxygens (including phenoxy) is 1. The van der Waals surface area contributed by atoms with Gasteiger partial charge in [0.15, 0.2) is 0 Å². The summed E-state index contributed by atoms with van der Waals surface area (Å²) in [6, 6.07) is 3.70. The van der Waals surface area contributed by atoms with Gasteiger partial charge in [0.1, 0.15) is 24.6 Å². The minimum Gasteiger partial charge on any atom is -0.394 e. The number of rotatable bonds is 3. The van der Waals surface area contributed by atoms with Crippen LogP contribution >= 0.6 is 0 Å². The van der Waals surface area contributed by atoms with Crippen LogP contribution in [-0.2, 0) is 11.2 Å². The van der Waals surface area contributed by atoms with Crippen LogP contribution in [0.3, 0.4) is 0 Å². The van der Waals surface area contributed by atoms with Crippen molar-refractivity contribution >= 4 is 5.52 Å². The van der Waals surface area contributed by atoms with E-state index in [1.165, 1.54) is 0 Å². The molecule has 0 spiro atoms. The summed E-state index contributed by atoms with van der Waals surface area (Å²) in [6.07, 6.45) is 0.268. The van der Waals surface area contributed by atoms with E-state index >= 15 is 0 Å². The van der Waals surface area contributed by atoms with Crippen molar-refractivity contribution in [2.75, 3.05) is 6.61 Å². The van der Waals surface area contributed by atoms with Gasteiger partial charge in [-0.15, -0.1) is 0 Å².